The molecule has 0 aliphatic rings. The first-order valence-electron chi connectivity index (χ1n) is 7.50. The SMILES string of the molecule is CCSc1nc(NCCc2ccccc2Cl)c2cccnc2n1. The summed E-state index contributed by atoms with van der Waals surface area (Å²) < 4.78 is 0. The number of anilines is 1. The molecule has 3 aromatic rings. The number of thioether (sulfide) groups is 1. The molecule has 3 rings (SSSR count). The Balaban J connectivity index is 1.80. The maximum absolute atomic E-state index is 6.20. The summed E-state index contributed by atoms with van der Waals surface area (Å²) in [7, 11) is 0. The zero-order valence-electron chi connectivity index (χ0n) is 12.8. The lowest BCUT2D eigenvalue weighted by atomic mass is 10.1. The van der Waals surface area contributed by atoms with Crippen LogP contribution in [0.4, 0.5) is 5.82 Å². The molecule has 0 unspecified atom stereocenters. The fourth-order valence-electron chi connectivity index (χ4n) is 2.29. The fourth-order valence-corrected chi connectivity index (χ4v) is 3.08. The number of fused-ring (bicyclic) bond motifs is 1. The summed E-state index contributed by atoms with van der Waals surface area (Å²) in [6, 6.07) is 11.8. The van der Waals surface area contributed by atoms with Gasteiger partial charge in [-0.1, -0.05) is 48.5 Å². The van der Waals surface area contributed by atoms with Crippen molar-refractivity contribution >= 4 is 40.2 Å². The zero-order valence-corrected chi connectivity index (χ0v) is 14.4. The van der Waals surface area contributed by atoms with Gasteiger partial charge in [-0.05, 0) is 35.9 Å². The summed E-state index contributed by atoms with van der Waals surface area (Å²) >= 11 is 7.81. The first-order valence-corrected chi connectivity index (χ1v) is 8.87. The molecule has 23 heavy (non-hydrogen) atoms. The predicted octanol–water partition coefficient (Wildman–Crippen LogP) is 4.44. The molecule has 0 saturated heterocycles. The minimum atomic E-state index is 0.721. The van der Waals surface area contributed by atoms with E-state index in [1.807, 2.05) is 36.4 Å². The van der Waals surface area contributed by atoms with Crippen molar-refractivity contribution in [2.75, 3.05) is 17.6 Å². The number of hydrogen-bond donors (Lipinski definition) is 1. The average molecular weight is 345 g/mol. The molecule has 4 nitrogen and oxygen atoms in total. The van der Waals surface area contributed by atoms with E-state index in [9.17, 15) is 0 Å². The molecule has 0 radical (unpaired) electrons. The number of rotatable bonds is 6. The van der Waals surface area contributed by atoms with Gasteiger partial charge in [0, 0.05) is 17.8 Å². The van der Waals surface area contributed by atoms with Crippen LogP contribution in [-0.4, -0.2) is 27.2 Å². The van der Waals surface area contributed by atoms with Crippen molar-refractivity contribution in [2.45, 2.75) is 18.5 Å². The zero-order chi connectivity index (χ0) is 16.1. The van der Waals surface area contributed by atoms with Gasteiger partial charge in [0.1, 0.15) is 5.82 Å². The smallest absolute Gasteiger partial charge is 0.191 e. The van der Waals surface area contributed by atoms with Crippen LogP contribution in [0.15, 0.2) is 47.8 Å². The van der Waals surface area contributed by atoms with E-state index in [0.717, 1.165) is 51.3 Å². The summed E-state index contributed by atoms with van der Waals surface area (Å²) in [4.78, 5) is 13.4. The van der Waals surface area contributed by atoms with Gasteiger partial charge in [0.25, 0.3) is 0 Å². The van der Waals surface area contributed by atoms with E-state index < -0.39 is 0 Å². The van der Waals surface area contributed by atoms with Gasteiger partial charge in [0.2, 0.25) is 0 Å². The molecule has 1 N–H and O–H groups in total. The third kappa shape index (κ3) is 3.92. The summed E-state index contributed by atoms with van der Waals surface area (Å²) in [5, 5.41) is 5.88. The van der Waals surface area contributed by atoms with Crippen molar-refractivity contribution < 1.29 is 0 Å². The Morgan fingerprint density at radius 3 is 2.83 bits per heavy atom. The minimum Gasteiger partial charge on any atom is -0.369 e. The van der Waals surface area contributed by atoms with Crippen LogP contribution >= 0.6 is 23.4 Å². The maximum Gasteiger partial charge on any atom is 0.191 e. The third-order valence-electron chi connectivity index (χ3n) is 3.37. The molecule has 118 valence electrons. The Labute approximate surface area is 144 Å². The van der Waals surface area contributed by atoms with Crippen molar-refractivity contribution in [1.29, 1.82) is 0 Å². The van der Waals surface area contributed by atoms with E-state index in [4.69, 9.17) is 11.6 Å². The van der Waals surface area contributed by atoms with Gasteiger partial charge in [-0.3, -0.25) is 0 Å². The molecule has 0 amide bonds. The standard InChI is InChI=1S/C17H17ClN4S/c1-2-23-17-21-15-13(7-5-10-19-15)16(22-17)20-11-9-12-6-3-4-8-14(12)18/h3-8,10H,2,9,11H2,1H3,(H,19,20,21,22). The van der Waals surface area contributed by atoms with Crippen LogP contribution in [-0.2, 0) is 6.42 Å². The first-order chi connectivity index (χ1) is 11.3. The molecule has 0 bridgehead atoms. The van der Waals surface area contributed by atoms with Crippen LogP contribution < -0.4 is 5.32 Å². The third-order valence-corrected chi connectivity index (χ3v) is 4.47. The number of aromatic nitrogens is 3. The van der Waals surface area contributed by atoms with Crippen molar-refractivity contribution in [3.63, 3.8) is 0 Å². The Kier molecular flexibility index (Phi) is 5.31. The van der Waals surface area contributed by atoms with Crippen molar-refractivity contribution in [1.82, 2.24) is 15.0 Å². The van der Waals surface area contributed by atoms with E-state index in [1.165, 1.54) is 0 Å². The van der Waals surface area contributed by atoms with Gasteiger partial charge < -0.3 is 5.32 Å². The summed E-state index contributed by atoms with van der Waals surface area (Å²) in [5.41, 5.74) is 1.85. The second-order valence-corrected chi connectivity index (χ2v) is 6.57. The summed E-state index contributed by atoms with van der Waals surface area (Å²) in [6.45, 7) is 2.84. The van der Waals surface area contributed by atoms with E-state index in [0.29, 0.717) is 0 Å². The Hall–Kier alpha value is -1.85. The minimum absolute atomic E-state index is 0.721. The van der Waals surface area contributed by atoms with Crippen LogP contribution in [0.5, 0.6) is 0 Å². The molecule has 0 aliphatic heterocycles. The topological polar surface area (TPSA) is 50.7 Å². The number of benzene rings is 1. The van der Waals surface area contributed by atoms with E-state index >= 15 is 0 Å². The van der Waals surface area contributed by atoms with Crippen molar-refractivity contribution in [3.8, 4) is 0 Å². The first kappa shape index (κ1) is 16.0. The summed E-state index contributed by atoms with van der Waals surface area (Å²) in [5.74, 6) is 1.75. The number of halogens is 1. The lowest BCUT2D eigenvalue weighted by molar-refractivity contribution is 0.955. The van der Waals surface area contributed by atoms with Crippen LogP contribution in [0.3, 0.4) is 0 Å². The van der Waals surface area contributed by atoms with Gasteiger partial charge >= 0.3 is 0 Å². The van der Waals surface area contributed by atoms with E-state index in [1.54, 1.807) is 18.0 Å². The van der Waals surface area contributed by atoms with E-state index in [-0.39, 0.29) is 0 Å². The number of nitrogens with one attached hydrogen (secondary N) is 1. The fraction of sp³-hybridized carbons (Fsp3) is 0.235. The van der Waals surface area contributed by atoms with Crippen molar-refractivity contribution in [2.24, 2.45) is 0 Å². The molecule has 2 heterocycles. The second-order valence-electron chi connectivity index (χ2n) is 4.93. The van der Waals surface area contributed by atoms with E-state index in [2.05, 4.69) is 27.2 Å². The molecule has 0 saturated carbocycles. The molecule has 0 aliphatic carbocycles. The van der Waals surface area contributed by atoms with Crippen molar-refractivity contribution in [3.05, 3.63) is 53.2 Å². The molecule has 2 aromatic heterocycles. The quantitative estimate of drug-likeness (QED) is 0.529. The molecular weight excluding hydrogens is 328 g/mol. The van der Waals surface area contributed by atoms with Gasteiger partial charge in [-0.15, -0.1) is 0 Å². The second kappa shape index (κ2) is 7.62. The lowest BCUT2D eigenvalue weighted by Crippen LogP contribution is -2.08. The highest BCUT2D eigenvalue weighted by Crippen LogP contribution is 2.23. The molecule has 1 aromatic carbocycles. The normalized spacial score (nSPS) is 10.9. The summed E-state index contributed by atoms with van der Waals surface area (Å²) in [6.07, 6.45) is 2.59. The average Bonchev–Trinajstić information content (AvgIpc) is 2.57. The van der Waals surface area contributed by atoms with Crippen LogP contribution in [0.1, 0.15) is 12.5 Å². The molecule has 0 atom stereocenters. The van der Waals surface area contributed by atoms with Crippen LogP contribution in [0, 0.1) is 0 Å². The monoisotopic (exact) mass is 344 g/mol. The Morgan fingerprint density at radius 2 is 2.00 bits per heavy atom. The van der Waals surface area contributed by atoms with Crippen LogP contribution in [0.25, 0.3) is 11.0 Å². The largest absolute Gasteiger partial charge is 0.369 e. The molecule has 0 spiro atoms. The Morgan fingerprint density at radius 1 is 1.13 bits per heavy atom. The Bertz CT molecular complexity index is 809. The maximum atomic E-state index is 6.20. The highest BCUT2D eigenvalue weighted by Gasteiger charge is 2.08. The number of nitrogens with zero attached hydrogens (tertiary/aromatic N) is 3. The van der Waals surface area contributed by atoms with Gasteiger partial charge in [-0.2, -0.15) is 0 Å². The van der Waals surface area contributed by atoms with Gasteiger partial charge in [0.05, 0.1) is 5.39 Å². The number of pyridine rings is 1. The highest BCUT2D eigenvalue weighted by atomic mass is 35.5. The lowest BCUT2D eigenvalue weighted by Gasteiger charge is -2.10. The molecule has 6 heteroatoms. The van der Waals surface area contributed by atoms with Gasteiger partial charge in [0.15, 0.2) is 10.8 Å². The highest BCUT2D eigenvalue weighted by molar-refractivity contribution is 7.99. The van der Waals surface area contributed by atoms with Gasteiger partial charge in [-0.25, -0.2) is 15.0 Å². The molecular formula is C17H17ClN4S. The predicted molar refractivity (Wildman–Crippen MR) is 97.4 cm³/mol. The number of hydrogen-bond acceptors (Lipinski definition) is 5. The molecule has 0 fully saturated rings. The van der Waals surface area contributed by atoms with Crippen LogP contribution in [0.2, 0.25) is 5.02 Å².